The molecule has 0 spiro atoms. The van der Waals surface area contributed by atoms with Crippen LogP contribution in [0, 0.1) is 0 Å². The van der Waals surface area contributed by atoms with E-state index in [4.69, 9.17) is 0 Å². The number of hydrogen-bond donors (Lipinski definition) is 2. The van der Waals surface area contributed by atoms with Crippen molar-refractivity contribution in [2.45, 2.75) is 31.8 Å². The Hall–Kier alpha value is -1.72. The maximum Gasteiger partial charge on any atom is 0.220 e. The van der Waals surface area contributed by atoms with Crippen molar-refractivity contribution in [3.63, 3.8) is 0 Å². The van der Waals surface area contributed by atoms with Crippen molar-refractivity contribution in [3.05, 3.63) is 52.5 Å². The van der Waals surface area contributed by atoms with E-state index >= 15 is 0 Å². The number of nitrogens with one attached hydrogen (secondary N) is 1. The molecule has 5 heteroatoms. The van der Waals surface area contributed by atoms with Gasteiger partial charge in [0.25, 0.3) is 0 Å². The van der Waals surface area contributed by atoms with Crippen LogP contribution in [0.3, 0.4) is 0 Å². The molecule has 0 saturated heterocycles. The second-order valence-corrected chi connectivity index (χ2v) is 6.02. The van der Waals surface area contributed by atoms with Crippen molar-refractivity contribution < 1.29 is 9.90 Å². The third kappa shape index (κ3) is 4.95. The highest BCUT2D eigenvalue weighted by Crippen LogP contribution is 2.22. The highest BCUT2D eigenvalue weighted by Gasteiger charge is 2.23. The molecule has 2 N–H and O–H groups in total. The fraction of sp³-hybridized carbons (Fsp3) is 0.375. The van der Waals surface area contributed by atoms with Gasteiger partial charge >= 0.3 is 0 Å². The van der Waals surface area contributed by atoms with E-state index in [1.54, 1.807) is 13.1 Å². The molecule has 4 nitrogen and oxygen atoms in total. The zero-order chi connectivity index (χ0) is 15.1. The van der Waals surface area contributed by atoms with Crippen LogP contribution in [0.2, 0.25) is 0 Å². The van der Waals surface area contributed by atoms with Gasteiger partial charge in [0.15, 0.2) is 0 Å². The highest BCUT2D eigenvalue weighted by molar-refractivity contribution is 7.08. The molecule has 1 unspecified atom stereocenters. The lowest BCUT2D eigenvalue weighted by molar-refractivity contribution is -0.122. The molecule has 2 rings (SSSR count). The summed E-state index contributed by atoms with van der Waals surface area (Å²) < 4.78 is 0. The molecule has 0 fully saturated rings. The van der Waals surface area contributed by atoms with E-state index in [9.17, 15) is 9.90 Å². The normalized spacial score (nSPS) is 13.6. The van der Waals surface area contributed by atoms with Gasteiger partial charge < -0.3 is 10.4 Å². The highest BCUT2D eigenvalue weighted by atomic mass is 32.1. The fourth-order valence-corrected chi connectivity index (χ4v) is 2.79. The van der Waals surface area contributed by atoms with Crippen LogP contribution >= 0.6 is 11.3 Å². The van der Waals surface area contributed by atoms with E-state index in [1.165, 1.54) is 11.3 Å². The first-order chi connectivity index (χ1) is 10.1. The van der Waals surface area contributed by atoms with Crippen LogP contribution in [0.5, 0.6) is 0 Å². The number of aryl methyl sites for hydroxylation is 1. The van der Waals surface area contributed by atoms with Gasteiger partial charge in [-0.2, -0.15) is 11.3 Å². The average molecular weight is 304 g/mol. The van der Waals surface area contributed by atoms with Gasteiger partial charge in [-0.3, -0.25) is 9.78 Å². The third-order valence-electron chi connectivity index (χ3n) is 3.34. The van der Waals surface area contributed by atoms with Crippen molar-refractivity contribution in [2.24, 2.45) is 0 Å². The minimum atomic E-state index is -1.02. The van der Waals surface area contributed by atoms with Gasteiger partial charge in [-0.1, -0.05) is 6.07 Å². The van der Waals surface area contributed by atoms with Crippen LogP contribution in [0.4, 0.5) is 0 Å². The predicted molar refractivity (Wildman–Crippen MR) is 84.1 cm³/mol. The largest absolute Gasteiger partial charge is 0.384 e. The van der Waals surface area contributed by atoms with E-state index in [0.717, 1.165) is 24.1 Å². The molecule has 1 atom stereocenters. The van der Waals surface area contributed by atoms with E-state index in [0.29, 0.717) is 6.42 Å². The number of rotatable bonds is 7. The number of carbonyl (C=O) groups excluding carboxylic acids is 1. The summed E-state index contributed by atoms with van der Waals surface area (Å²) in [4.78, 5) is 16.0. The maximum atomic E-state index is 11.8. The lowest BCUT2D eigenvalue weighted by Crippen LogP contribution is -2.38. The molecule has 2 aromatic rings. The van der Waals surface area contributed by atoms with Crippen LogP contribution in [0.25, 0.3) is 0 Å². The smallest absolute Gasteiger partial charge is 0.220 e. The number of pyridine rings is 1. The van der Waals surface area contributed by atoms with Crippen molar-refractivity contribution in [3.8, 4) is 0 Å². The Morgan fingerprint density at radius 3 is 2.95 bits per heavy atom. The molecular weight excluding hydrogens is 284 g/mol. The van der Waals surface area contributed by atoms with E-state index in [-0.39, 0.29) is 12.5 Å². The molecule has 0 aliphatic carbocycles. The lowest BCUT2D eigenvalue weighted by atomic mass is 9.99. The molecule has 2 heterocycles. The number of thiophene rings is 1. The van der Waals surface area contributed by atoms with Gasteiger partial charge in [-0.05, 0) is 54.3 Å². The number of nitrogens with zero attached hydrogens (tertiary/aromatic N) is 1. The second-order valence-electron chi connectivity index (χ2n) is 5.24. The number of aromatic nitrogens is 1. The Kier molecular flexibility index (Phi) is 5.47. The molecule has 0 radical (unpaired) electrons. The molecule has 0 aliphatic heterocycles. The molecule has 2 aromatic heterocycles. The van der Waals surface area contributed by atoms with Gasteiger partial charge in [-0.25, -0.2) is 0 Å². The molecule has 0 aliphatic rings. The first-order valence-electron chi connectivity index (χ1n) is 6.99. The summed E-state index contributed by atoms with van der Waals surface area (Å²) in [6.07, 6.45) is 3.74. The summed E-state index contributed by atoms with van der Waals surface area (Å²) in [5.41, 5.74) is 0.813. The Labute approximate surface area is 128 Å². The third-order valence-corrected chi connectivity index (χ3v) is 4.02. The topological polar surface area (TPSA) is 62.2 Å². The van der Waals surface area contributed by atoms with Gasteiger partial charge in [0, 0.05) is 18.3 Å². The second kappa shape index (κ2) is 7.33. The minimum absolute atomic E-state index is 0.0403. The number of carbonyl (C=O) groups is 1. The lowest BCUT2D eigenvalue weighted by Gasteiger charge is -2.22. The molecule has 1 amide bonds. The molecule has 0 aromatic carbocycles. The maximum absolute atomic E-state index is 11.8. The minimum Gasteiger partial charge on any atom is -0.384 e. The Balaban J connectivity index is 1.70. The zero-order valence-corrected chi connectivity index (χ0v) is 12.9. The summed E-state index contributed by atoms with van der Waals surface area (Å²) in [5, 5.41) is 16.9. The predicted octanol–water partition coefficient (Wildman–Crippen LogP) is 2.49. The molecule has 112 valence electrons. The molecule has 21 heavy (non-hydrogen) atoms. The van der Waals surface area contributed by atoms with E-state index in [1.807, 2.05) is 35.0 Å². The number of amides is 1. The van der Waals surface area contributed by atoms with Gasteiger partial charge in [0.1, 0.15) is 5.60 Å². The zero-order valence-electron chi connectivity index (χ0n) is 12.1. The molecule has 0 bridgehead atoms. The van der Waals surface area contributed by atoms with E-state index in [2.05, 4.69) is 10.3 Å². The van der Waals surface area contributed by atoms with Gasteiger partial charge in [-0.15, -0.1) is 0 Å². The van der Waals surface area contributed by atoms with Crippen molar-refractivity contribution >= 4 is 17.2 Å². The fourth-order valence-electron chi connectivity index (χ4n) is 2.01. The quantitative estimate of drug-likeness (QED) is 0.826. The molecule has 0 saturated carbocycles. The van der Waals surface area contributed by atoms with Crippen LogP contribution in [-0.2, 0) is 16.8 Å². The van der Waals surface area contributed by atoms with Crippen LogP contribution in [0.15, 0.2) is 41.2 Å². The van der Waals surface area contributed by atoms with Crippen LogP contribution < -0.4 is 5.32 Å². The summed E-state index contributed by atoms with van der Waals surface area (Å²) in [5.74, 6) is -0.0403. The van der Waals surface area contributed by atoms with Crippen molar-refractivity contribution in [1.29, 1.82) is 0 Å². The van der Waals surface area contributed by atoms with Gasteiger partial charge in [0.05, 0.1) is 6.54 Å². The Morgan fingerprint density at radius 2 is 2.29 bits per heavy atom. The monoisotopic (exact) mass is 304 g/mol. The van der Waals surface area contributed by atoms with E-state index < -0.39 is 5.60 Å². The SMILES string of the molecule is CC(O)(CNC(=O)CCCc1ccccn1)c1ccsc1. The number of hydrogen-bond acceptors (Lipinski definition) is 4. The van der Waals surface area contributed by atoms with Crippen molar-refractivity contribution in [2.75, 3.05) is 6.54 Å². The Bertz CT molecular complexity index is 553. The van der Waals surface area contributed by atoms with Crippen molar-refractivity contribution in [1.82, 2.24) is 10.3 Å². The first-order valence-corrected chi connectivity index (χ1v) is 7.94. The summed E-state index contributed by atoms with van der Waals surface area (Å²) >= 11 is 1.53. The summed E-state index contributed by atoms with van der Waals surface area (Å²) in [7, 11) is 0. The standard InChI is InChI=1S/C16H20N2O2S/c1-16(20,13-8-10-21-11-13)12-18-15(19)7-4-6-14-5-2-3-9-17-14/h2-3,5,8-11,20H,4,6-7,12H2,1H3,(H,18,19). The van der Waals surface area contributed by atoms with Crippen LogP contribution in [0.1, 0.15) is 31.0 Å². The molecular formula is C16H20N2O2S. The van der Waals surface area contributed by atoms with Gasteiger partial charge in [0.2, 0.25) is 5.91 Å². The summed E-state index contributed by atoms with van der Waals surface area (Å²) in [6, 6.07) is 7.65. The summed E-state index contributed by atoms with van der Waals surface area (Å²) in [6.45, 7) is 1.94. The Morgan fingerprint density at radius 1 is 1.43 bits per heavy atom. The average Bonchev–Trinajstić information content (AvgIpc) is 3.01. The van der Waals surface area contributed by atoms with Crippen LogP contribution in [-0.4, -0.2) is 22.5 Å². The first kappa shape index (κ1) is 15.7. The number of aliphatic hydroxyl groups is 1.